The summed E-state index contributed by atoms with van der Waals surface area (Å²) >= 11 is 0. The van der Waals surface area contributed by atoms with Gasteiger partial charge in [-0.1, -0.05) is 6.07 Å². The Morgan fingerprint density at radius 2 is 2.19 bits per heavy atom. The number of nitrogens with zero attached hydrogens (tertiary/aromatic N) is 2. The van der Waals surface area contributed by atoms with Crippen LogP contribution in [-0.4, -0.2) is 25.0 Å². The number of carbonyl (C=O) groups is 1. The van der Waals surface area contributed by atoms with Gasteiger partial charge in [0.25, 0.3) is 5.91 Å². The van der Waals surface area contributed by atoms with Crippen molar-refractivity contribution in [1.29, 1.82) is 5.26 Å². The van der Waals surface area contributed by atoms with E-state index in [2.05, 4.69) is 15.6 Å². The number of hydrogen-bond donors (Lipinski definition) is 2. The van der Waals surface area contributed by atoms with Gasteiger partial charge in [-0.3, -0.25) is 9.78 Å². The van der Waals surface area contributed by atoms with Gasteiger partial charge in [-0.25, -0.2) is 0 Å². The molecule has 0 fully saturated rings. The third kappa shape index (κ3) is 2.92. The minimum atomic E-state index is -0.345. The predicted molar refractivity (Wildman–Crippen MR) is 79.4 cm³/mol. The summed E-state index contributed by atoms with van der Waals surface area (Å²) in [5.41, 5.74) is 1.72. The monoisotopic (exact) mass is 282 g/mol. The number of benzene rings is 1. The number of hydrogen-bond acceptors (Lipinski definition) is 5. The number of methoxy groups -OCH3 is 1. The fourth-order valence-electron chi connectivity index (χ4n) is 1.90. The van der Waals surface area contributed by atoms with Gasteiger partial charge < -0.3 is 15.4 Å². The van der Waals surface area contributed by atoms with Crippen LogP contribution < -0.4 is 15.4 Å². The molecule has 2 aromatic rings. The van der Waals surface area contributed by atoms with Gasteiger partial charge in [-0.05, 0) is 18.2 Å². The summed E-state index contributed by atoms with van der Waals surface area (Å²) in [5, 5.41) is 14.8. The maximum atomic E-state index is 12.4. The van der Waals surface area contributed by atoms with Gasteiger partial charge in [-0.2, -0.15) is 5.26 Å². The Labute approximate surface area is 122 Å². The average Bonchev–Trinajstić information content (AvgIpc) is 2.54. The third-order valence-electron chi connectivity index (χ3n) is 2.94. The van der Waals surface area contributed by atoms with Crippen LogP contribution in [0, 0.1) is 11.3 Å². The van der Waals surface area contributed by atoms with Crippen LogP contribution in [0.2, 0.25) is 0 Å². The van der Waals surface area contributed by atoms with Crippen LogP contribution in [-0.2, 0) is 0 Å². The molecular weight excluding hydrogens is 268 g/mol. The van der Waals surface area contributed by atoms with Crippen LogP contribution in [0.25, 0.3) is 0 Å². The quantitative estimate of drug-likeness (QED) is 0.898. The van der Waals surface area contributed by atoms with E-state index < -0.39 is 0 Å². The summed E-state index contributed by atoms with van der Waals surface area (Å²) < 4.78 is 5.19. The zero-order valence-corrected chi connectivity index (χ0v) is 11.7. The number of para-hydroxylation sites is 1. The number of nitrogens with one attached hydrogen (secondary N) is 2. The topological polar surface area (TPSA) is 87.0 Å². The summed E-state index contributed by atoms with van der Waals surface area (Å²) in [4.78, 5) is 16.3. The van der Waals surface area contributed by atoms with Crippen LogP contribution in [0.15, 0.2) is 36.7 Å². The maximum absolute atomic E-state index is 12.4. The van der Waals surface area contributed by atoms with Gasteiger partial charge in [-0.15, -0.1) is 0 Å². The van der Waals surface area contributed by atoms with E-state index in [1.54, 1.807) is 37.5 Å². The van der Waals surface area contributed by atoms with E-state index in [9.17, 15) is 4.79 Å². The highest BCUT2D eigenvalue weighted by atomic mass is 16.5. The van der Waals surface area contributed by atoms with E-state index in [1.165, 1.54) is 13.3 Å². The molecular formula is C15H14N4O2. The van der Waals surface area contributed by atoms with E-state index in [4.69, 9.17) is 10.00 Å². The molecule has 0 spiro atoms. The molecule has 21 heavy (non-hydrogen) atoms. The number of nitriles is 1. The number of anilines is 2. The first-order valence-corrected chi connectivity index (χ1v) is 6.21. The summed E-state index contributed by atoms with van der Waals surface area (Å²) in [6.07, 6.45) is 3.09. The highest BCUT2D eigenvalue weighted by Crippen LogP contribution is 2.28. The number of ether oxygens (including phenoxy) is 1. The van der Waals surface area contributed by atoms with Crippen molar-refractivity contribution in [3.8, 4) is 11.8 Å². The van der Waals surface area contributed by atoms with Crippen LogP contribution in [0.4, 0.5) is 11.4 Å². The van der Waals surface area contributed by atoms with Crippen molar-refractivity contribution in [1.82, 2.24) is 4.98 Å². The Bertz CT molecular complexity index is 707. The number of rotatable bonds is 4. The van der Waals surface area contributed by atoms with E-state index >= 15 is 0 Å². The molecule has 106 valence electrons. The van der Waals surface area contributed by atoms with E-state index in [0.717, 1.165) is 0 Å². The molecule has 0 atom stereocenters. The van der Waals surface area contributed by atoms with Crippen LogP contribution in [0.3, 0.4) is 0 Å². The van der Waals surface area contributed by atoms with Gasteiger partial charge in [0.15, 0.2) is 0 Å². The van der Waals surface area contributed by atoms with Gasteiger partial charge in [0.2, 0.25) is 0 Å². The first kappa shape index (κ1) is 14.3. The lowest BCUT2D eigenvalue weighted by atomic mass is 10.1. The first-order chi connectivity index (χ1) is 10.2. The standard InChI is InChI=1S/C15H14N4O2/c1-17-12-9-18-7-6-11(12)15(20)19-14-10(8-16)4-3-5-13(14)21-2/h3-7,9,17H,1-2H3,(H,19,20). The van der Waals surface area contributed by atoms with Crippen molar-refractivity contribution < 1.29 is 9.53 Å². The molecule has 0 radical (unpaired) electrons. The number of pyridine rings is 1. The molecule has 0 unspecified atom stereocenters. The minimum Gasteiger partial charge on any atom is -0.495 e. The number of carbonyl (C=O) groups excluding carboxylic acids is 1. The van der Waals surface area contributed by atoms with Crippen LogP contribution >= 0.6 is 0 Å². The lowest BCUT2D eigenvalue weighted by molar-refractivity contribution is 0.102. The molecule has 6 heteroatoms. The van der Waals surface area contributed by atoms with Gasteiger partial charge >= 0.3 is 0 Å². The largest absolute Gasteiger partial charge is 0.495 e. The highest BCUT2D eigenvalue weighted by Gasteiger charge is 2.15. The Morgan fingerprint density at radius 3 is 2.86 bits per heavy atom. The molecule has 2 N–H and O–H groups in total. The Balaban J connectivity index is 2.39. The van der Waals surface area contributed by atoms with Crippen molar-refractivity contribution >= 4 is 17.3 Å². The predicted octanol–water partition coefficient (Wildman–Crippen LogP) is 2.26. The molecule has 0 saturated carbocycles. The van der Waals surface area contributed by atoms with Gasteiger partial charge in [0.1, 0.15) is 17.5 Å². The lowest BCUT2D eigenvalue weighted by Crippen LogP contribution is -2.15. The molecule has 0 saturated heterocycles. The van der Waals surface area contributed by atoms with Crippen molar-refractivity contribution in [2.45, 2.75) is 0 Å². The molecule has 1 aromatic heterocycles. The second-order valence-corrected chi connectivity index (χ2v) is 4.12. The Hall–Kier alpha value is -3.07. The Morgan fingerprint density at radius 1 is 1.38 bits per heavy atom. The first-order valence-electron chi connectivity index (χ1n) is 6.21. The summed E-state index contributed by atoms with van der Waals surface area (Å²) in [7, 11) is 3.19. The smallest absolute Gasteiger partial charge is 0.258 e. The fraction of sp³-hybridized carbons (Fsp3) is 0.133. The average molecular weight is 282 g/mol. The second kappa shape index (κ2) is 6.39. The Kier molecular flexibility index (Phi) is 4.36. The summed E-state index contributed by atoms with van der Waals surface area (Å²) in [5.74, 6) is 0.0882. The molecule has 0 aliphatic rings. The van der Waals surface area contributed by atoms with Crippen molar-refractivity contribution in [2.75, 3.05) is 24.8 Å². The molecule has 1 heterocycles. The van der Waals surface area contributed by atoms with Gasteiger partial charge in [0.05, 0.1) is 30.1 Å². The van der Waals surface area contributed by atoms with E-state index in [0.29, 0.717) is 28.3 Å². The van der Waals surface area contributed by atoms with Crippen molar-refractivity contribution in [2.24, 2.45) is 0 Å². The maximum Gasteiger partial charge on any atom is 0.258 e. The zero-order valence-electron chi connectivity index (χ0n) is 11.7. The molecule has 0 aliphatic heterocycles. The molecule has 0 aliphatic carbocycles. The minimum absolute atomic E-state index is 0.336. The molecule has 1 amide bonds. The van der Waals surface area contributed by atoms with Crippen LogP contribution in [0.5, 0.6) is 5.75 Å². The molecule has 0 bridgehead atoms. The third-order valence-corrected chi connectivity index (χ3v) is 2.94. The lowest BCUT2D eigenvalue weighted by Gasteiger charge is -2.13. The number of aromatic nitrogens is 1. The van der Waals surface area contributed by atoms with Crippen LogP contribution in [0.1, 0.15) is 15.9 Å². The number of amides is 1. The molecule has 6 nitrogen and oxygen atoms in total. The zero-order chi connectivity index (χ0) is 15.2. The van der Waals surface area contributed by atoms with Gasteiger partial charge in [0, 0.05) is 13.2 Å². The normalized spacial score (nSPS) is 9.57. The molecule has 1 aromatic carbocycles. The summed E-state index contributed by atoms with van der Waals surface area (Å²) in [6, 6.07) is 8.62. The second-order valence-electron chi connectivity index (χ2n) is 4.12. The highest BCUT2D eigenvalue weighted by molar-refractivity contribution is 6.09. The summed E-state index contributed by atoms with van der Waals surface area (Å²) in [6.45, 7) is 0. The van der Waals surface area contributed by atoms with E-state index in [-0.39, 0.29) is 5.91 Å². The SMILES string of the molecule is CNc1cnccc1C(=O)Nc1c(C#N)cccc1OC. The fourth-order valence-corrected chi connectivity index (χ4v) is 1.90. The van der Waals surface area contributed by atoms with Crippen molar-refractivity contribution in [3.05, 3.63) is 47.8 Å². The van der Waals surface area contributed by atoms with Crippen molar-refractivity contribution in [3.63, 3.8) is 0 Å². The molecule has 2 rings (SSSR count). The van der Waals surface area contributed by atoms with E-state index in [1.807, 2.05) is 6.07 Å².